The average molecular weight is 368 g/mol. The van der Waals surface area contributed by atoms with Crippen LogP contribution in [-0.4, -0.2) is 36.4 Å². The molecule has 0 aromatic carbocycles. The van der Waals surface area contributed by atoms with Crippen molar-refractivity contribution >= 4 is 5.97 Å². The Bertz CT molecular complexity index is 552. The second-order valence-corrected chi connectivity index (χ2v) is 8.87. The van der Waals surface area contributed by atoms with Gasteiger partial charge in [0.1, 0.15) is 11.7 Å². The SMILES string of the molecule is CCCC(=O)OC1OC[C@@H]2OC3(C)CC[C@H]4[C@H](C)CCC([C@H]1C)[C@@]24OO3. The number of carbonyl (C=O) groups is 1. The Morgan fingerprint density at radius 3 is 2.73 bits per heavy atom. The van der Waals surface area contributed by atoms with Crippen LogP contribution in [0.15, 0.2) is 0 Å². The van der Waals surface area contributed by atoms with Gasteiger partial charge in [0.15, 0.2) is 5.79 Å². The molecule has 5 fully saturated rings. The largest absolute Gasteiger partial charge is 0.435 e. The summed E-state index contributed by atoms with van der Waals surface area (Å²) in [4.78, 5) is 24.1. The summed E-state index contributed by atoms with van der Waals surface area (Å²) in [7, 11) is 0. The second kappa shape index (κ2) is 6.73. The molecule has 3 unspecified atom stereocenters. The molecule has 5 rings (SSSR count). The van der Waals surface area contributed by atoms with Gasteiger partial charge in [0.2, 0.25) is 6.29 Å². The summed E-state index contributed by atoms with van der Waals surface area (Å²) in [5.74, 6) is 0.213. The summed E-state index contributed by atoms with van der Waals surface area (Å²) in [6, 6.07) is 0. The fraction of sp³-hybridized carbons (Fsp3) is 0.950. The molecule has 2 bridgehead atoms. The lowest BCUT2D eigenvalue weighted by Gasteiger charge is -2.55. The van der Waals surface area contributed by atoms with Crippen LogP contribution in [0.4, 0.5) is 0 Å². The maximum absolute atomic E-state index is 12.1. The van der Waals surface area contributed by atoms with Crippen LogP contribution in [-0.2, 0) is 28.8 Å². The van der Waals surface area contributed by atoms with Gasteiger partial charge in [-0.3, -0.25) is 4.79 Å². The third-order valence-electron chi connectivity index (χ3n) is 7.12. The summed E-state index contributed by atoms with van der Waals surface area (Å²) in [6.07, 6.45) is 4.45. The fourth-order valence-electron chi connectivity index (χ4n) is 5.74. The van der Waals surface area contributed by atoms with Gasteiger partial charge >= 0.3 is 5.97 Å². The standard InChI is InChI=1S/C20H32O6/c1-5-6-17(21)23-18-13(3)15-8-7-12(2)14-9-10-19(4)24-16(11-22-18)20(14,15)26-25-19/h12-16,18H,5-11H2,1-4H3/t12-,13-,14+,15?,16+,18?,19?,20-/m1/s1. The van der Waals surface area contributed by atoms with Crippen molar-refractivity contribution in [1.82, 2.24) is 0 Å². The molecule has 5 aliphatic rings. The molecule has 0 amide bonds. The Hall–Kier alpha value is -0.690. The van der Waals surface area contributed by atoms with Gasteiger partial charge in [-0.2, -0.15) is 0 Å². The van der Waals surface area contributed by atoms with Crippen molar-refractivity contribution in [1.29, 1.82) is 0 Å². The van der Waals surface area contributed by atoms with E-state index >= 15 is 0 Å². The lowest BCUT2D eigenvalue weighted by atomic mass is 9.58. The van der Waals surface area contributed by atoms with Gasteiger partial charge in [0.25, 0.3) is 0 Å². The molecule has 0 N–H and O–H groups in total. The number of ether oxygens (including phenoxy) is 3. The van der Waals surface area contributed by atoms with Crippen molar-refractivity contribution in [3.63, 3.8) is 0 Å². The lowest BCUT2D eigenvalue weighted by molar-refractivity contribution is -0.533. The highest BCUT2D eigenvalue weighted by molar-refractivity contribution is 5.69. The van der Waals surface area contributed by atoms with Gasteiger partial charge in [-0.1, -0.05) is 20.8 Å². The zero-order chi connectivity index (χ0) is 18.5. The summed E-state index contributed by atoms with van der Waals surface area (Å²) >= 11 is 0. The number of esters is 1. The van der Waals surface area contributed by atoms with E-state index in [-0.39, 0.29) is 23.9 Å². The first-order chi connectivity index (χ1) is 12.4. The second-order valence-electron chi connectivity index (χ2n) is 8.87. The molecular formula is C20H32O6. The third kappa shape index (κ3) is 2.81. The van der Waals surface area contributed by atoms with Gasteiger partial charge in [-0.25, -0.2) is 9.78 Å². The third-order valence-corrected chi connectivity index (χ3v) is 7.12. The predicted octanol–water partition coefficient (Wildman–Crippen LogP) is 3.58. The number of fused-ring (bicyclic) bond motifs is 2. The molecule has 1 aliphatic carbocycles. The van der Waals surface area contributed by atoms with Crippen LogP contribution < -0.4 is 0 Å². The average Bonchev–Trinajstić information content (AvgIpc) is 2.88. The molecule has 1 spiro atoms. The Morgan fingerprint density at radius 2 is 1.96 bits per heavy atom. The minimum absolute atomic E-state index is 0.0328. The van der Waals surface area contributed by atoms with E-state index < -0.39 is 17.7 Å². The van der Waals surface area contributed by atoms with Crippen LogP contribution in [0.1, 0.15) is 66.2 Å². The molecule has 8 atom stereocenters. The lowest BCUT2D eigenvalue weighted by Crippen LogP contribution is -2.65. The van der Waals surface area contributed by atoms with Crippen LogP contribution in [0.3, 0.4) is 0 Å². The normalized spacial score (nSPS) is 50.5. The zero-order valence-corrected chi connectivity index (χ0v) is 16.4. The van der Waals surface area contributed by atoms with Crippen LogP contribution >= 0.6 is 0 Å². The van der Waals surface area contributed by atoms with E-state index in [2.05, 4.69) is 13.8 Å². The minimum atomic E-state index is -0.719. The quantitative estimate of drug-likeness (QED) is 0.560. The molecular weight excluding hydrogens is 336 g/mol. The van der Waals surface area contributed by atoms with Crippen molar-refractivity contribution < 1.29 is 28.8 Å². The monoisotopic (exact) mass is 368 g/mol. The van der Waals surface area contributed by atoms with Gasteiger partial charge < -0.3 is 14.2 Å². The Labute approximate surface area is 155 Å². The van der Waals surface area contributed by atoms with Crippen molar-refractivity contribution in [2.24, 2.45) is 23.7 Å². The molecule has 4 saturated heterocycles. The zero-order valence-electron chi connectivity index (χ0n) is 16.4. The van der Waals surface area contributed by atoms with Crippen molar-refractivity contribution in [2.45, 2.75) is 90.0 Å². The van der Waals surface area contributed by atoms with Crippen molar-refractivity contribution in [2.75, 3.05) is 6.61 Å². The van der Waals surface area contributed by atoms with Gasteiger partial charge in [0, 0.05) is 24.7 Å². The molecule has 6 nitrogen and oxygen atoms in total. The van der Waals surface area contributed by atoms with E-state index in [1.54, 1.807) is 0 Å². The molecule has 4 aliphatic heterocycles. The summed E-state index contributed by atoms with van der Waals surface area (Å²) < 4.78 is 18.2. The van der Waals surface area contributed by atoms with Gasteiger partial charge in [-0.05, 0) is 44.4 Å². The molecule has 0 aromatic rings. The fourth-order valence-corrected chi connectivity index (χ4v) is 5.74. The van der Waals surface area contributed by atoms with E-state index in [4.69, 9.17) is 24.0 Å². The maximum atomic E-state index is 12.1. The number of hydrogen-bond donors (Lipinski definition) is 0. The Morgan fingerprint density at radius 1 is 1.15 bits per heavy atom. The minimum Gasteiger partial charge on any atom is -0.435 e. The number of hydrogen-bond acceptors (Lipinski definition) is 6. The van der Waals surface area contributed by atoms with E-state index in [9.17, 15) is 4.79 Å². The van der Waals surface area contributed by atoms with Crippen LogP contribution in [0, 0.1) is 23.7 Å². The van der Waals surface area contributed by atoms with Crippen LogP contribution in [0.2, 0.25) is 0 Å². The number of rotatable bonds is 3. The predicted molar refractivity (Wildman–Crippen MR) is 92.7 cm³/mol. The van der Waals surface area contributed by atoms with E-state index in [0.717, 1.165) is 32.1 Å². The first-order valence-electron chi connectivity index (χ1n) is 10.3. The first kappa shape index (κ1) is 18.7. The number of carbonyl (C=O) groups excluding carboxylic acids is 1. The molecule has 4 heterocycles. The summed E-state index contributed by atoms with van der Waals surface area (Å²) in [6.45, 7) is 8.71. The highest BCUT2D eigenvalue weighted by atomic mass is 17.3. The van der Waals surface area contributed by atoms with Crippen LogP contribution in [0.25, 0.3) is 0 Å². The molecule has 0 radical (unpaired) electrons. The highest BCUT2D eigenvalue weighted by Crippen LogP contribution is 2.59. The van der Waals surface area contributed by atoms with Gasteiger partial charge in [0.05, 0.1) is 6.61 Å². The first-order valence-corrected chi connectivity index (χ1v) is 10.3. The highest BCUT2D eigenvalue weighted by Gasteiger charge is 2.67. The summed E-state index contributed by atoms with van der Waals surface area (Å²) in [5.41, 5.74) is -0.515. The topological polar surface area (TPSA) is 63.2 Å². The molecule has 148 valence electrons. The Kier molecular flexibility index (Phi) is 4.83. The molecule has 6 heteroatoms. The Balaban J connectivity index is 1.67. The summed E-state index contributed by atoms with van der Waals surface area (Å²) in [5, 5.41) is 0. The van der Waals surface area contributed by atoms with E-state index in [1.165, 1.54) is 0 Å². The molecule has 1 saturated carbocycles. The maximum Gasteiger partial charge on any atom is 0.308 e. The van der Waals surface area contributed by atoms with Crippen molar-refractivity contribution in [3.05, 3.63) is 0 Å². The smallest absolute Gasteiger partial charge is 0.308 e. The van der Waals surface area contributed by atoms with E-state index in [1.807, 2.05) is 13.8 Å². The van der Waals surface area contributed by atoms with Gasteiger partial charge in [-0.15, -0.1) is 0 Å². The molecule has 0 aromatic heterocycles. The van der Waals surface area contributed by atoms with Crippen molar-refractivity contribution in [3.8, 4) is 0 Å². The van der Waals surface area contributed by atoms with E-state index in [0.29, 0.717) is 24.9 Å². The van der Waals surface area contributed by atoms with Crippen LogP contribution in [0.5, 0.6) is 0 Å². The molecule has 26 heavy (non-hydrogen) atoms.